The number of cyclic esters (lactones) is 1. The summed E-state index contributed by atoms with van der Waals surface area (Å²) in [5.74, 6) is -0.370. The monoisotopic (exact) mass is 266 g/mol. The second-order valence-corrected chi connectivity index (χ2v) is 4.72. The number of esters is 1. The molecule has 2 atom stereocenters. The third-order valence-electron chi connectivity index (χ3n) is 3.03. The molecule has 0 radical (unpaired) electrons. The molecule has 0 saturated carbocycles. The minimum Gasteiger partial charge on any atom is -0.463 e. The Labute approximate surface area is 114 Å². The van der Waals surface area contributed by atoms with Crippen LogP contribution in [0.3, 0.4) is 0 Å². The summed E-state index contributed by atoms with van der Waals surface area (Å²) in [6, 6.07) is 0. The average Bonchev–Trinajstić information content (AvgIpc) is 2.38. The predicted molar refractivity (Wildman–Crippen MR) is 72.7 cm³/mol. The highest BCUT2D eigenvalue weighted by Gasteiger charge is 2.12. The Bertz CT molecular complexity index is 357. The SMILES string of the molecule is CO[C@H]1/C=C/C=C\C(=O)CCC(=O)O[C@@H](C)CCC1. The summed E-state index contributed by atoms with van der Waals surface area (Å²) in [5, 5.41) is 0. The van der Waals surface area contributed by atoms with E-state index in [1.54, 1.807) is 13.2 Å². The van der Waals surface area contributed by atoms with Crippen LogP contribution in [0, 0.1) is 0 Å². The molecule has 0 aromatic heterocycles. The van der Waals surface area contributed by atoms with Crippen LogP contribution >= 0.6 is 0 Å². The molecule has 0 bridgehead atoms. The van der Waals surface area contributed by atoms with Gasteiger partial charge < -0.3 is 9.47 Å². The summed E-state index contributed by atoms with van der Waals surface area (Å²) < 4.78 is 10.6. The third kappa shape index (κ3) is 6.91. The first kappa shape index (κ1) is 15.6. The van der Waals surface area contributed by atoms with E-state index < -0.39 is 0 Å². The van der Waals surface area contributed by atoms with E-state index >= 15 is 0 Å². The summed E-state index contributed by atoms with van der Waals surface area (Å²) in [6.45, 7) is 1.88. The van der Waals surface area contributed by atoms with Gasteiger partial charge in [-0.05, 0) is 32.3 Å². The van der Waals surface area contributed by atoms with Gasteiger partial charge in [0.15, 0.2) is 5.78 Å². The topological polar surface area (TPSA) is 52.6 Å². The van der Waals surface area contributed by atoms with Crippen molar-refractivity contribution < 1.29 is 19.1 Å². The number of hydrogen-bond acceptors (Lipinski definition) is 4. The van der Waals surface area contributed by atoms with Crippen LogP contribution < -0.4 is 0 Å². The second kappa shape index (κ2) is 8.64. The van der Waals surface area contributed by atoms with Gasteiger partial charge in [0.25, 0.3) is 0 Å². The Morgan fingerprint density at radius 2 is 2.00 bits per heavy atom. The molecule has 0 amide bonds. The quantitative estimate of drug-likeness (QED) is 0.684. The zero-order valence-electron chi connectivity index (χ0n) is 11.6. The minimum atomic E-state index is -0.301. The lowest BCUT2D eigenvalue weighted by Gasteiger charge is -2.15. The standard InChI is InChI=1S/C15H22O4/c1-12-6-5-9-14(18-2)8-4-3-7-13(16)10-11-15(17)19-12/h3-4,7-8,12,14H,5-6,9-11H2,1-2H3/b7-3-,8-4+/t12-,14-/m0/s1. The maximum atomic E-state index is 11.5. The van der Waals surface area contributed by atoms with Crippen LogP contribution in [0.25, 0.3) is 0 Å². The molecule has 0 fully saturated rings. The van der Waals surface area contributed by atoms with Crippen LogP contribution in [-0.4, -0.2) is 31.1 Å². The van der Waals surface area contributed by atoms with Crippen molar-refractivity contribution in [3.63, 3.8) is 0 Å². The molecule has 1 aliphatic heterocycles. The molecule has 0 N–H and O–H groups in total. The second-order valence-electron chi connectivity index (χ2n) is 4.72. The molecule has 0 saturated heterocycles. The normalized spacial score (nSPS) is 30.2. The summed E-state index contributed by atoms with van der Waals surface area (Å²) in [4.78, 5) is 23.0. The fourth-order valence-electron chi connectivity index (χ4n) is 1.90. The Balaban J connectivity index is 2.64. The number of methoxy groups -OCH3 is 1. The summed E-state index contributed by atoms with van der Waals surface area (Å²) in [7, 11) is 1.66. The predicted octanol–water partition coefficient (Wildman–Crippen LogP) is 2.58. The van der Waals surface area contributed by atoms with Crippen molar-refractivity contribution in [3.05, 3.63) is 24.3 Å². The molecule has 0 aromatic rings. The van der Waals surface area contributed by atoms with E-state index in [-0.39, 0.29) is 36.8 Å². The van der Waals surface area contributed by atoms with Crippen LogP contribution in [0.1, 0.15) is 39.0 Å². The van der Waals surface area contributed by atoms with Gasteiger partial charge in [0.05, 0.1) is 18.6 Å². The van der Waals surface area contributed by atoms with E-state index in [1.165, 1.54) is 6.08 Å². The molecular formula is C15H22O4. The van der Waals surface area contributed by atoms with Crippen LogP contribution in [0.4, 0.5) is 0 Å². The number of hydrogen-bond donors (Lipinski definition) is 0. The van der Waals surface area contributed by atoms with E-state index in [9.17, 15) is 9.59 Å². The lowest BCUT2D eigenvalue weighted by atomic mass is 10.1. The highest BCUT2D eigenvalue weighted by Crippen LogP contribution is 2.11. The van der Waals surface area contributed by atoms with Crippen molar-refractivity contribution in [1.82, 2.24) is 0 Å². The number of rotatable bonds is 1. The Kier molecular flexibility index (Phi) is 7.11. The van der Waals surface area contributed by atoms with Gasteiger partial charge in [-0.1, -0.05) is 18.2 Å². The molecule has 19 heavy (non-hydrogen) atoms. The molecular weight excluding hydrogens is 244 g/mol. The van der Waals surface area contributed by atoms with Crippen LogP contribution in [0.2, 0.25) is 0 Å². The summed E-state index contributed by atoms with van der Waals surface area (Å²) >= 11 is 0. The first-order chi connectivity index (χ1) is 9.11. The first-order valence-electron chi connectivity index (χ1n) is 6.71. The number of carbonyl (C=O) groups excluding carboxylic acids is 2. The zero-order chi connectivity index (χ0) is 14.1. The van der Waals surface area contributed by atoms with E-state index in [2.05, 4.69) is 0 Å². The highest BCUT2D eigenvalue weighted by molar-refractivity contribution is 5.92. The van der Waals surface area contributed by atoms with E-state index in [1.807, 2.05) is 19.1 Å². The number of carbonyl (C=O) groups is 2. The fourth-order valence-corrected chi connectivity index (χ4v) is 1.90. The van der Waals surface area contributed by atoms with Gasteiger partial charge in [0, 0.05) is 13.5 Å². The lowest BCUT2D eigenvalue weighted by molar-refractivity contribution is -0.149. The van der Waals surface area contributed by atoms with Gasteiger partial charge in [0.1, 0.15) is 0 Å². The van der Waals surface area contributed by atoms with Gasteiger partial charge in [-0.25, -0.2) is 0 Å². The zero-order valence-corrected chi connectivity index (χ0v) is 11.6. The molecule has 4 nitrogen and oxygen atoms in total. The third-order valence-corrected chi connectivity index (χ3v) is 3.03. The van der Waals surface area contributed by atoms with Crippen molar-refractivity contribution in [2.24, 2.45) is 0 Å². The smallest absolute Gasteiger partial charge is 0.306 e. The Morgan fingerprint density at radius 1 is 1.21 bits per heavy atom. The van der Waals surface area contributed by atoms with E-state index in [0.29, 0.717) is 0 Å². The van der Waals surface area contributed by atoms with E-state index in [0.717, 1.165) is 19.3 Å². The van der Waals surface area contributed by atoms with Gasteiger partial charge in [-0.3, -0.25) is 9.59 Å². The van der Waals surface area contributed by atoms with Gasteiger partial charge in [-0.15, -0.1) is 0 Å². The first-order valence-corrected chi connectivity index (χ1v) is 6.71. The highest BCUT2D eigenvalue weighted by atomic mass is 16.5. The molecule has 0 spiro atoms. The molecule has 106 valence electrons. The molecule has 0 aromatic carbocycles. The molecule has 1 heterocycles. The van der Waals surface area contributed by atoms with Crippen molar-refractivity contribution in [2.45, 2.75) is 51.2 Å². The number of ketones is 1. The Hall–Kier alpha value is -1.42. The summed E-state index contributed by atoms with van der Waals surface area (Å²) in [6.07, 6.45) is 9.81. The van der Waals surface area contributed by atoms with Crippen molar-refractivity contribution in [2.75, 3.05) is 7.11 Å². The fraction of sp³-hybridized carbons (Fsp3) is 0.600. The van der Waals surface area contributed by atoms with Crippen molar-refractivity contribution >= 4 is 11.8 Å². The molecule has 0 unspecified atom stereocenters. The minimum absolute atomic E-state index is 0.0330. The van der Waals surface area contributed by atoms with Crippen LogP contribution in [0.15, 0.2) is 24.3 Å². The van der Waals surface area contributed by atoms with Gasteiger partial charge >= 0.3 is 5.97 Å². The maximum Gasteiger partial charge on any atom is 0.306 e. The van der Waals surface area contributed by atoms with E-state index in [4.69, 9.17) is 9.47 Å². The molecule has 1 rings (SSSR count). The van der Waals surface area contributed by atoms with Gasteiger partial charge in [0.2, 0.25) is 0 Å². The van der Waals surface area contributed by atoms with Crippen molar-refractivity contribution in [3.8, 4) is 0 Å². The molecule has 1 aliphatic rings. The van der Waals surface area contributed by atoms with Crippen LogP contribution in [-0.2, 0) is 19.1 Å². The molecule has 0 aliphatic carbocycles. The largest absolute Gasteiger partial charge is 0.463 e. The number of ether oxygens (including phenoxy) is 2. The van der Waals surface area contributed by atoms with Gasteiger partial charge in [-0.2, -0.15) is 0 Å². The van der Waals surface area contributed by atoms with Crippen molar-refractivity contribution in [1.29, 1.82) is 0 Å². The molecule has 4 heteroatoms. The van der Waals surface area contributed by atoms with Crippen LogP contribution in [0.5, 0.6) is 0 Å². The average molecular weight is 266 g/mol. The lowest BCUT2D eigenvalue weighted by Crippen LogP contribution is -2.16. The number of allylic oxidation sites excluding steroid dienone is 3. The Morgan fingerprint density at radius 3 is 2.74 bits per heavy atom. The summed E-state index contributed by atoms with van der Waals surface area (Å²) in [5.41, 5.74) is 0. The maximum absolute atomic E-state index is 11.5.